The van der Waals surface area contributed by atoms with Crippen LogP contribution in [0.5, 0.6) is 0 Å². The first-order chi connectivity index (χ1) is 13.4. The molecule has 2 saturated heterocycles. The summed E-state index contributed by atoms with van der Waals surface area (Å²) in [4.78, 5) is 2.56. The first-order valence-corrected chi connectivity index (χ1v) is 10.2. The van der Waals surface area contributed by atoms with E-state index in [-0.39, 0.29) is 12.3 Å². The molecule has 144 valence electrons. The van der Waals surface area contributed by atoms with Crippen molar-refractivity contribution in [3.8, 4) is 0 Å². The standard InChI is InChI=1S/C23H30N2O2/c1-3-7-20(8-4-1)23(21-9-5-2-6-10-21)27-22-18-25(14-13-24-22)17-19-11-15-26-16-12-19/h1-10,19,22-24H,11-18H2. The molecule has 4 rings (SSSR count). The second-order valence-corrected chi connectivity index (χ2v) is 7.60. The maximum atomic E-state index is 6.61. The molecule has 0 bridgehead atoms. The molecule has 0 aliphatic carbocycles. The number of nitrogens with one attached hydrogen (secondary N) is 1. The molecule has 2 aromatic carbocycles. The van der Waals surface area contributed by atoms with Gasteiger partial charge >= 0.3 is 0 Å². The van der Waals surface area contributed by atoms with Gasteiger partial charge in [0.1, 0.15) is 12.3 Å². The molecule has 2 aliphatic rings. The molecule has 0 aromatic heterocycles. The molecule has 2 aliphatic heterocycles. The maximum absolute atomic E-state index is 6.61. The maximum Gasteiger partial charge on any atom is 0.122 e. The van der Waals surface area contributed by atoms with Crippen molar-refractivity contribution in [3.63, 3.8) is 0 Å². The van der Waals surface area contributed by atoms with Crippen LogP contribution in [0.2, 0.25) is 0 Å². The van der Waals surface area contributed by atoms with Crippen LogP contribution in [0.15, 0.2) is 60.7 Å². The summed E-state index contributed by atoms with van der Waals surface area (Å²) in [6, 6.07) is 21.1. The molecule has 27 heavy (non-hydrogen) atoms. The minimum Gasteiger partial charge on any atom is -0.381 e. The summed E-state index contributed by atoms with van der Waals surface area (Å²) in [6.07, 6.45) is 2.37. The van der Waals surface area contributed by atoms with Crippen molar-refractivity contribution in [3.05, 3.63) is 71.8 Å². The summed E-state index contributed by atoms with van der Waals surface area (Å²) in [5.74, 6) is 0.761. The SMILES string of the molecule is c1ccc(C(OC2CN(CC3CCOCC3)CCN2)c2ccccc2)cc1. The first-order valence-electron chi connectivity index (χ1n) is 10.2. The van der Waals surface area contributed by atoms with Crippen molar-refractivity contribution in [2.45, 2.75) is 25.2 Å². The van der Waals surface area contributed by atoms with Crippen molar-refractivity contribution in [1.29, 1.82) is 0 Å². The quantitative estimate of drug-likeness (QED) is 0.849. The predicted octanol–water partition coefficient (Wildman–Crippen LogP) is 3.45. The molecule has 0 radical (unpaired) electrons. The van der Waals surface area contributed by atoms with Crippen molar-refractivity contribution in [1.82, 2.24) is 10.2 Å². The monoisotopic (exact) mass is 366 g/mol. The zero-order valence-corrected chi connectivity index (χ0v) is 15.9. The molecular formula is C23H30N2O2. The first kappa shape index (κ1) is 18.6. The van der Waals surface area contributed by atoms with Crippen LogP contribution >= 0.6 is 0 Å². The Balaban J connectivity index is 1.43. The summed E-state index contributed by atoms with van der Waals surface area (Å²) in [7, 11) is 0. The second kappa shape index (κ2) is 9.47. The Morgan fingerprint density at radius 2 is 1.59 bits per heavy atom. The van der Waals surface area contributed by atoms with Crippen LogP contribution in [0.25, 0.3) is 0 Å². The lowest BCUT2D eigenvalue weighted by molar-refractivity contribution is -0.0519. The fourth-order valence-electron chi connectivity index (χ4n) is 4.09. The van der Waals surface area contributed by atoms with Gasteiger partial charge in [-0.05, 0) is 29.9 Å². The van der Waals surface area contributed by atoms with Crippen molar-refractivity contribution in [2.75, 3.05) is 39.4 Å². The van der Waals surface area contributed by atoms with E-state index in [9.17, 15) is 0 Å². The van der Waals surface area contributed by atoms with Gasteiger partial charge in [0.05, 0.1) is 0 Å². The molecule has 2 heterocycles. The van der Waals surface area contributed by atoms with E-state index in [0.29, 0.717) is 0 Å². The Hall–Kier alpha value is -1.72. The summed E-state index contributed by atoms with van der Waals surface area (Å²) in [6.45, 7) is 6.00. The largest absolute Gasteiger partial charge is 0.381 e. The van der Waals surface area contributed by atoms with Gasteiger partial charge in [-0.3, -0.25) is 10.2 Å². The van der Waals surface area contributed by atoms with E-state index in [1.165, 1.54) is 24.0 Å². The van der Waals surface area contributed by atoms with E-state index >= 15 is 0 Å². The number of benzene rings is 2. The Bertz CT molecular complexity index is 634. The highest BCUT2D eigenvalue weighted by molar-refractivity contribution is 5.30. The highest BCUT2D eigenvalue weighted by atomic mass is 16.5. The van der Waals surface area contributed by atoms with Crippen LogP contribution in [0, 0.1) is 5.92 Å². The van der Waals surface area contributed by atoms with Crippen LogP contribution in [0.4, 0.5) is 0 Å². The minimum absolute atomic E-state index is 0.0454. The Morgan fingerprint density at radius 3 is 2.22 bits per heavy atom. The fourth-order valence-corrected chi connectivity index (χ4v) is 4.09. The minimum atomic E-state index is -0.0482. The molecule has 4 heteroatoms. The third kappa shape index (κ3) is 5.17. The summed E-state index contributed by atoms with van der Waals surface area (Å²) in [5.41, 5.74) is 2.40. The number of rotatable bonds is 6. The van der Waals surface area contributed by atoms with Gasteiger partial charge < -0.3 is 9.47 Å². The molecular weight excluding hydrogens is 336 g/mol. The van der Waals surface area contributed by atoms with E-state index in [4.69, 9.17) is 9.47 Å². The lowest BCUT2D eigenvalue weighted by Crippen LogP contribution is -2.53. The van der Waals surface area contributed by atoms with Crippen LogP contribution in [0.1, 0.15) is 30.1 Å². The summed E-state index contributed by atoms with van der Waals surface area (Å²) < 4.78 is 12.1. The lowest BCUT2D eigenvalue weighted by atomic mass is 9.99. The molecule has 1 N–H and O–H groups in total. The highest BCUT2D eigenvalue weighted by Crippen LogP contribution is 2.27. The zero-order valence-electron chi connectivity index (χ0n) is 15.9. The van der Waals surface area contributed by atoms with Crippen LogP contribution in [-0.4, -0.2) is 50.5 Å². The number of hydrogen-bond donors (Lipinski definition) is 1. The summed E-state index contributed by atoms with van der Waals surface area (Å²) in [5, 5.41) is 3.57. The van der Waals surface area contributed by atoms with Crippen LogP contribution < -0.4 is 5.32 Å². The third-order valence-corrected chi connectivity index (χ3v) is 5.59. The molecule has 0 amide bonds. The van der Waals surface area contributed by atoms with Crippen molar-refractivity contribution >= 4 is 0 Å². The van der Waals surface area contributed by atoms with E-state index in [1.807, 2.05) is 0 Å². The van der Waals surface area contributed by atoms with Gasteiger partial charge in [0.2, 0.25) is 0 Å². The van der Waals surface area contributed by atoms with E-state index < -0.39 is 0 Å². The lowest BCUT2D eigenvalue weighted by Gasteiger charge is -2.38. The smallest absolute Gasteiger partial charge is 0.122 e. The number of hydrogen-bond acceptors (Lipinski definition) is 4. The third-order valence-electron chi connectivity index (χ3n) is 5.59. The summed E-state index contributed by atoms with van der Waals surface area (Å²) >= 11 is 0. The molecule has 0 spiro atoms. The fraction of sp³-hybridized carbons (Fsp3) is 0.478. The Labute approximate surface area is 162 Å². The van der Waals surface area contributed by atoms with E-state index in [1.54, 1.807) is 0 Å². The van der Waals surface area contributed by atoms with Gasteiger partial charge in [0, 0.05) is 39.4 Å². The Morgan fingerprint density at radius 1 is 0.963 bits per heavy atom. The molecule has 1 unspecified atom stereocenters. The van der Waals surface area contributed by atoms with E-state index in [0.717, 1.165) is 45.3 Å². The van der Waals surface area contributed by atoms with Gasteiger partial charge in [-0.2, -0.15) is 0 Å². The highest BCUT2D eigenvalue weighted by Gasteiger charge is 2.26. The van der Waals surface area contributed by atoms with Gasteiger partial charge in [0.15, 0.2) is 0 Å². The number of piperazine rings is 1. The van der Waals surface area contributed by atoms with Gasteiger partial charge in [-0.25, -0.2) is 0 Å². The van der Waals surface area contributed by atoms with Gasteiger partial charge in [0.25, 0.3) is 0 Å². The second-order valence-electron chi connectivity index (χ2n) is 7.60. The predicted molar refractivity (Wildman–Crippen MR) is 108 cm³/mol. The number of ether oxygens (including phenoxy) is 2. The molecule has 2 fully saturated rings. The van der Waals surface area contributed by atoms with Crippen molar-refractivity contribution in [2.24, 2.45) is 5.92 Å². The normalized spacial score (nSPS) is 22.2. The topological polar surface area (TPSA) is 33.7 Å². The molecule has 1 atom stereocenters. The Kier molecular flexibility index (Phi) is 6.53. The number of nitrogens with zero attached hydrogens (tertiary/aromatic N) is 1. The molecule has 0 saturated carbocycles. The molecule has 4 nitrogen and oxygen atoms in total. The van der Waals surface area contributed by atoms with Crippen LogP contribution in [0.3, 0.4) is 0 Å². The average Bonchev–Trinajstić information content (AvgIpc) is 2.74. The van der Waals surface area contributed by atoms with Crippen LogP contribution in [-0.2, 0) is 9.47 Å². The van der Waals surface area contributed by atoms with Gasteiger partial charge in [-0.1, -0.05) is 60.7 Å². The van der Waals surface area contributed by atoms with Gasteiger partial charge in [-0.15, -0.1) is 0 Å². The molecule has 2 aromatic rings. The zero-order chi connectivity index (χ0) is 18.3. The van der Waals surface area contributed by atoms with Crippen molar-refractivity contribution < 1.29 is 9.47 Å². The van der Waals surface area contributed by atoms with E-state index in [2.05, 4.69) is 70.9 Å². The average molecular weight is 367 g/mol.